The number of piperidine rings is 1. The standard InChI is InChI=1S/C22H33N3O2/c1-17(26)23-16-21-9-8-20(24(21)2)15-22(27)25-12-10-19(11-13-25)14-18-6-4-3-5-7-18/h3-7,19-21H,8-16H2,1-2H3,(H,23,26)/t20-,21+/m0/s1. The quantitative estimate of drug-likeness (QED) is 0.836. The number of amides is 2. The molecule has 2 aliphatic heterocycles. The van der Waals surface area contributed by atoms with Crippen molar-refractivity contribution in [3.8, 4) is 0 Å². The van der Waals surface area contributed by atoms with Crippen LogP contribution in [0.15, 0.2) is 30.3 Å². The van der Waals surface area contributed by atoms with E-state index in [1.807, 2.05) is 0 Å². The number of rotatable bonds is 6. The second kappa shape index (κ2) is 9.36. The molecule has 0 aliphatic carbocycles. The summed E-state index contributed by atoms with van der Waals surface area (Å²) < 4.78 is 0. The zero-order valence-electron chi connectivity index (χ0n) is 16.7. The lowest BCUT2D eigenvalue weighted by Crippen LogP contribution is -2.44. The molecule has 27 heavy (non-hydrogen) atoms. The summed E-state index contributed by atoms with van der Waals surface area (Å²) in [6.07, 6.45) is 6.03. The van der Waals surface area contributed by atoms with Crippen molar-refractivity contribution in [2.75, 3.05) is 26.7 Å². The Balaban J connectivity index is 1.41. The van der Waals surface area contributed by atoms with Gasteiger partial charge in [0.05, 0.1) is 0 Å². The Morgan fingerprint density at radius 3 is 2.37 bits per heavy atom. The number of hydrogen-bond acceptors (Lipinski definition) is 3. The van der Waals surface area contributed by atoms with Gasteiger partial charge in [-0.1, -0.05) is 30.3 Å². The predicted molar refractivity (Wildman–Crippen MR) is 107 cm³/mol. The first-order chi connectivity index (χ1) is 13.0. The van der Waals surface area contributed by atoms with Crippen molar-refractivity contribution >= 4 is 11.8 Å². The van der Waals surface area contributed by atoms with Crippen molar-refractivity contribution in [2.24, 2.45) is 5.92 Å². The first-order valence-electron chi connectivity index (χ1n) is 10.3. The van der Waals surface area contributed by atoms with E-state index in [2.05, 4.69) is 52.5 Å². The highest BCUT2D eigenvalue weighted by Gasteiger charge is 2.33. The van der Waals surface area contributed by atoms with Gasteiger partial charge in [-0.05, 0) is 50.6 Å². The van der Waals surface area contributed by atoms with Crippen LogP contribution >= 0.6 is 0 Å². The normalized spacial score (nSPS) is 24.1. The van der Waals surface area contributed by atoms with Crippen LogP contribution in [0.4, 0.5) is 0 Å². The molecule has 1 aromatic carbocycles. The van der Waals surface area contributed by atoms with Gasteiger partial charge in [0.1, 0.15) is 0 Å². The Hall–Kier alpha value is -1.88. The Morgan fingerprint density at radius 1 is 1.04 bits per heavy atom. The first-order valence-corrected chi connectivity index (χ1v) is 10.3. The lowest BCUT2D eigenvalue weighted by atomic mass is 9.90. The van der Waals surface area contributed by atoms with Crippen LogP contribution in [0.25, 0.3) is 0 Å². The lowest BCUT2D eigenvalue weighted by Gasteiger charge is -2.34. The van der Waals surface area contributed by atoms with Crippen LogP contribution in [-0.4, -0.2) is 60.4 Å². The molecule has 2 heterocycles. The number of nitrogens with one attached hydrogen (secondary N) is 1. The fourth-order valence-electron chi connectivity index (χ4n) is 4.51. The molecule has 5 nitrogen and oxygen atoms in total. The second-order valence-corrected chi connectivity index (χ2v) is 8.21. The molecule has 2 fully saturated rings. The highest BCUT2D eigenvalue weighted by molar-refractivity contribution is 5.77. The highest BCUT2D eigenvalue weighted by Crippen LogP contribution is 2.27. The molecular weight excluding hydrogens is 338 g/mol. The van der Waals surface area contributed by atoms with Crippen LogP contribution in [0, 0.1) is 5.92 Å². The molecule has 0 bridgehead atoms. The molecule has 2 atom stereocenters. The smallest absolute Gasteiger partial charge is 0.224 e. The summed E-state index contributed by atoms with van der Waals surface area (Å²) in [7, 11) is 2.09. The van der Waals surface area contributed by atoms with E-state index >= 15 is 0 Å². The summed E-state index contributed by atoms with van der Waals surface area (Å²) in [5.74, 6) is 0.999. The third kappa shape index (κ3) is 5.55. The average molecular weight is 372 g/mol. The number of likely N-dealkylation sites (tertiary alicyclic amines) is 2. The van der Waals surface area contributed by atoms with Gasteiger partial charge in [-0.3, -0.25) is 14.5 Å². The van der Waals surface area contributed by atoms with Gasteiger partial charge >= 0.3 is 0 Å². The molecule has 3 rings (SSSR count). The van der Waals surface area contributed by atoms with E-state index in [0.29, 0.717) is 36.9 Å². The SMILES string of the molecule is CC(=O)NC[C@H]1CC[C@@H](CC(=O)N2CCC(Cc3ccccc3)CC2)N1C. The van der Waals surface area contributed by atoms with Gasteiger partial charge in [-0.25, -0.2) is 0 Å². The topological polar surface area (TPSA) is 52.7 Å². The van der Waals surface area contributed by atoms with Crippen LogP contribution in [0.3, 0.4) is 0 Å². The summed E-state index contributed by atoms with van der Waals surface area (Å²) in [5, 5.41) is 2.90. The summed E-state index contributed by atoms with van der Waals surface area (Å²) in [5.41, 5.74) is 1.40. The number of nitrogens with zero attached hydrogens (tertiary/aromatic N) is 2. The van der Waals surface area contributed by atoms with Gasteiger partial charge in [0.25, 0.3) is 0 Å². The van der Waals surface area contributed by atoms with Crippen LogP contribution in [0.5, 0.6) is 0 Å². The largest absolute Gasteiger partial charge is 0.355 e. The molecular formula is C22H33N3O2. The number of carbonyl (C=O) groups excluding carboxylic acids is 2. The zero-order chi connectivity index (χ0) is 19.2. The Labute approximate surface area is 163 Å². The number of carbonyl (C=O) groups is 2. The van der Waals surface area contributed by atoms with Crippen LogP contribution in [-0.2, 0) is 16.0 Å². The van der Waals surface area contributed by atoms with Crippen molar-refractivity contribution in [3.63, 3.8) is 0 Å². The number of likely N-dealkylation sites (N-methyl/N-ethyl adjacent to an activating group) is 1. The Morgan fingerprint density at radius 2 is 1.70 bits per heavy atom. The summed E-state index contributed by atoms with van der Waals surface area (Å²) in [6, 6.07) is 11.3. The Bertz CT molecular complexity index is 626. The van der Waals surface area contributed by atoms with Crippen molar-refractivity contribution in [1.82, 2.24) is 15.1 Å². The van der Waals surface area contributed by atoms with E-state index in [-0.39, 0.29) is 5.91 Å². The highest BCUT2D eigenvalue weighted by atomic mass is 16.2. The molecule has 2 aliphatic rings. The van der Waals surface area contributed by atoms with Crippen molar-refractivity contribution < 1.29 is 9.59 Å². The van der Waals surface area contributed by atoms with Gasteiger partial charge < -0.3 is 10.2 Å². The second-order valence-electron chi connectivity index (χ2n) is 8.21. The minimum atomic E-state index is 0.0151. The maximum absolute atomic E-state index is 12.8. The van der Waals surface area contributed by atoms with Crippen molar-refractivity contribution in [3.05, 3.63) is 35.9 Å². The maximum Gasteiger partial charge on any atom is 0.224 e. The summed E-state index contributed by atoms with van der Waals surface area (Å²) in [4.78, 5) is 28.2. The van der Waals surface area contributed by atoms with E-state index < -0.39 is 0 Å². The molecule has 0 saturated carbocycles. The minimum absolute atomic E-state index is 0.0151. The molecule has 148 valence electrons. The molecule has 5 heteroatoms. The van der Waals surface area contributed by atoms with E-state index in [1.54, 1.807) is 6.92 Å². The fourth-order valence-corrected chi connectivity index (χ4v) is 4.51. The lowest BCUT2D eigenvalue weighted by molar-refractivity contribution is -0.133. The minimum Gasteiger partial charge on any atom is -0.355 e. The molecule has 0 aromatic heterocycles. The molecule has 0 unspecified atom stereocenters. The van der Waals surface area contributed by atoms with Crippen LogP contribution < -0.4 is 5.32 Å². The van der Waals surface area contributed by atoms with Gasteiger partial charge in [-0.15, -0.1) is 0 Å². The van der Waals surface area contributed by atoms with E-state index in [9.17, 15) is 9.59 Å². The number of benzene rings is 1. The first kappa shape index (κ1) is 19.9. The van der Waals surface area contributed by atoms with E-state index in [1.165, 1.54) is 5.56 Å². The van der Waals surface area contributed by atoms with Gasteiger partial charge in [-0.2, -0.15) is 0 Å². The molecule has 2 saturated heterocycles. The van der Waals surface area contributed by atoms with E-state index in [0.717, 1.165) is 45.2 Å². The number of hydrogen-bond donors (Lipinski definition) is 1. The van der Waals surface area contributed by atoms with E-state index in [4.69, 9.17) is 0 Å². The summed E-state index contributed by atoms with van der Waals surface area (Å²) >= 11 is 0. The maximum atomic E-state index is 12.8. The van der Waals surface area contributed by atoms with Gasteiger partial charge in [0, 0.05) is 45.1 Å². The monoisotopic (exact) mass is 371 g/mol. The third-order valence-electron chi connectivity index (χ3n) is 6.32. The molecule has 2 amide bonds. The van der Waals surface area contributed by atoms with Gasteiger partial charge in [0.15, 0.2) is 0 Å². The Kier molecular flexibility index (Phi) is 6.89. The molecule has 1 N–H and O–H groups in total. The fraction of sp³-hybridized carbons (Fsp3) is 0.636. The van der Waals surface area contributed by atoms with Gasteiger partial charge in [0.2, 0.25) is 11.8 Å². The summed E-state index contributed by atoms with van der Waals surface area (Å²) in [6.45, 7) is 4.02. The zero-order valence-corrected chi connectivity index (χ0v) is 16.7. The predicted octanol–water partition coefficient (Wildman–Crippen LogP) is 2.46. The van der Waals surface area contributed by atoms with Crippen molar-refractivity contribution in [2.45, 2.75) is 57.5 Å². The third-order valence-corrected chi connectivity index (χ3v) is 6.32. The average Bonchev–Trinajstić information content (AvgIpc) is 3.01. The van der Waals surface area contributed by atoms with Crippen molar-refractivity contribution in [1.29, 1.82) is 0 Å². The van der Waals surface area contributed by atoms with Crippen LogP contribution in [0.2, 0.25) is 0 Å². The van der Waals surface area contributed by atoms with Crippen LogP contribution in [0.1, 0.15) is 44.6 Å². The molecule has 0 spiro atoms. The molecule has 0 radical (unpaired) electrons. The molecule has 1 aromatic rings.